The third kappa shape index (κ3) is 3.33. The molecule has 2 aliphatic heterocycles. The summed E-state index contributed by atoms with van der Waals surface area (Å²) in [5.41, 5.74) is 0.272. The first-order valence-electron chi connectivity index (χ1n) is 6.13. The van der Waals surface area contributed by atoms with Crippen LogP contribution < -0.4 is 5.32 Å². The lowest BCUT2D eigenvalue weighted by molar-refractivity contribution is -0.138. The number of morpholine rings is 1. The van der Waals surface area contributed by atoms with Gasteiger partial charge in [-0.1, -0.05) is 13.8 Å². The van der Waals surface area contributed by atoms with E-state index in [1.54, 1.807) is 0 Å². The van der Waals surface area contributed by atoms with E-state index in [1.165, 1.54) is 0 Å². The molecule has 2 atom stereocenters. The van der Waals surface area contributed by atoms with Crippen molar-refractivity contribution in [3.63, 3.8) is 0 Å². The van der Waals surface area contributed by atoms with Gasteiger partial charge in [-0.25, -0.2) is 0 Å². The van der Waals surface area contributed by atoms with Crippen LogP contribution in [0.5, 0.6) is 0 Å². The number of nitrogens with one attached hydrogen (secondary N) is 1. The molecule has 2 rings (SSSR count). The van der Waals surface area contributed by atoms with Crippen LogP contribution in [0.1, 0.15) is 27.2 Å². The molecule has 1 amide bonds. The SMILES string of the molecule is C[C@H]1OCCN[C@@H]1C(=O)N1CCC(C)(C)C1.Cl. The molecule has 100 valence electrons. The molecule has 4 nitrogen and oxygen atoms in total. The van der Waals surface area contributed by atoms with Crippen LogP contribution in [-0.2, 0) is 9.53 Å². The molecular formula is C12H23ClN2O2. The Bertz CT molecular complexity index is 284. The molecule has 0 spiro atoms. The first-order chi connectivity index (χ1) is 7.49. The zero-order chi connectivity index (χ0) is 11.8. The minimum atomic E-state index is -0.150. The van der Waals surface area contributed by atoms with E-state index in [2.05, 4.69) is 19.2 Å². The summed E-state index contributed by atoms with van der Waals surface area (Å²) in [4.78, 5) is 14.3. The van der Waals surface area contributed by atoms with Crippen LogP contribution in [0.2, 0.25) is 0 Å². The van der Waals surface area contributed by atoms with E-state index in [1.807, 2.05) is 11.8 Å². The highest BCUT2D eigenvalue weighted by atomic mass is 35.5. The molecule has 5 heteroatoms. The van der Waals surface area contributed by atoms with Gasteiger partial charge in [0.05, 0.1) is 12.7 Å². The van der Waals surface area contributed by atoms with Crippen molar-refractivity contribution in [2.45, 2.75) is 39.3 Å². The maximum atomic E-state index is 12.3. The zero-order valence-corrected chi connectivity index (χ0v) is 11.7. The third-order valence-electron chi connectivity index (χ3n) is 3.57. The second-order valence-electron chi connectivity index (χ2n) is 5.68. The molecule has 0 aromatic carbocycles. The van der Waals surface area contributed by atoms with Gasteiger partial charge in [0.15, 0.2) is 0 Å². The van der Waals surface area contributed by atoms with Crippen LogP contribution >= 0.6 is 12.4 Å². The Hall–Kier alpha value is -0.320. The Balaban J connectivity index is 0.00000144. The normalized spacial score (nSPS) is 32.1. The molecule has 2 aliphatic rings. The summed E-state index contributed by atoms with van der Waals surface area (Å²) in [5.74, 6) is 0.206. The summed E-state index contributed by atoms with van der Waals surface area (Å²) >= 11 is 0. The van der Waals surface area contributed by atoms with Crippen molar-refractivity contribution >= 4 is 18.3 Å². The molecule has 2 saturated heterocycles. The van der Waals surface area contributed by atoms with Gasteiger partial charge < -0.3 is 15.0 Å². The smallest absolute Gasteiger partial charge is 0.242 e. The largest absolute Gasteiger partial charge is 0.375 e. The topological polar surface area (TPSA) is 41.6 Å². The molecule has 0 bridgehead atoms. The number of carbonyl (C=O) groups is 1. The molecule has 0 aromatic heterocycles. The number of carbonyl (C=O) groups excluding carboxylic acids is 1. The van der Waals surface area contributed by atoms with Gasteiger partial charge in [0.25, 0.3) is 0 Å². The first-order valence-corrected chi connectivity index (χ1v) is 6.13. The number of ether oxygens (including phenoxy) is 1. The van der Waals surface area contributed by atoms with E-state index in [4.69, 9.17) is 4.74 Å². The highest BCUT2D eigenvalue weighted by Gasteiger charge is 2.37. The summed E-state index contributed by atoms with van der Waals surface area (Å²) in [6.45, 7) is 9.64. The summed E-state index contributed by atoms with van der Waals surface area (Å²) in [6, 6.07) is -0.150. The molecule has 0 aliphatic carbocycles. The average molecular weight is 263 g/mol. The molecule has 2 fully saturated rings. The molecular weight excluding hydrogens is 240 g/mol. The van der Waals surface area contributed by atoms with E-state index in [-0.39, 0.29) is 35.9 Å². The van der Waals surface area contributed by atoms with E-state index in [9.17, 15) is 4.79 Å². The van der Waals surface area contributed by atoms with Crippen LogP contribution in [0.4, 0.5) is 0 Å². The monoisotopic (exact) mass is 262 g/mol. The third-order valence-corrected chi connectivity index (χ3v) is 3.57. The van der Waals surface area contributed by atoms with E-state index in [0.29, 0.717) is 6.61 Å². The standard InChI is InChI=1S/C12H22N2O2.ClH/c1-9-10(13-5-7-16-9)11(15)14-6-4-12(2,3)8-14;/h9-10,13H,4-8H2,1-3H3;1H/t9-,10+;/m1./s1. The van der Waals surface area contributed by atoms with Crippen LogP contribution in [0.15, 0.2) is 0 Å². The van der Waals surface area contributed by atoms with Crippen LogP contribution in [0.25, 0.3) is 0 Å². The van der Waals surface area contributed by atoms with Crippen molar-refractivity contribution in [3.8, 4) is 0 Å². The lowest BCUT2D eigenvalue weighted by Gasteiger charge is -2.32. The first kappa shape index (κ1) is 14.7. The summed E-state index contributed by atoms with van der Waals surface area (Å²) in [7, 11) is 0. The van der Waals surface area contributed by atoms with Crippen molar-refractivity contribution in [1.29, 1.82) is 0 Å². The van der Waals surface area contributed by atoms with Crippen molar-refractivity contribution in [2.24, 2.45) is 5.41 Å². The number of amides is 1. The Labute approximate surface area is 109 Å². The highest BCUT2D eigenvalue weighted by molar-refractivity contribution is 5.85. The predicted molar refractivity (Wildman–Crippen MR) is 69.4 cm³/mol. The minimum Gasteiger partial charge on any atom is -0.375 e. The van der Waals surface area contributed by atoms with Gasteiger partial charge in [-0.15, -0.1) is 12.4 Å². The van der Waals surface area contributed by atoms with Gasteiger partial charge in [0, 0.05) is 19.6 Å². The minimum absolute atomic E-state index is 0. The molecule has 1 N–H and O–H groups in total. The molecule has 0 aromatic rings. The van der Waals surface area contributed by atoms with Crippen LogP contribution in [0.3, 0.4) is 0 Å². The number of hydrogen-bond acceptors (Lipinski definition) is 3. The fourth-order valence-corrected chi connectivity index (χ4v) is 2.51. The lowest BCUT2D eigenvalue weighted by atomic mass is 9.93. The lowest BCUT2D eigenvalue weighted by Crippen LogP contribution is -2.56. The predicted octanol–water partition coefficient (Wildman–Crippen LogP) is 1.04. The summed E-state index contributed by atoms with van der Waals surface area (Å²) in [6.07, 6.45) is 1.09. The van der Waals surface area contributed by atoms with Gasteiger partial charge in [-0.05, 0) is 18.8 Å². The fraction of sp³-hybridized carbons (Fsp3) is 0.917. The number of hydrogen-bond donors (Lipinski definition) is 1. The molecule has 0 unspecified atom stereocenters. The quantitative estimate of drug-likeness (QED) is 0.768. The Morgan fingerprint density at radius 3 is 2.71 bits per heavy atom. The average Bonchev–Trinajstić information content (AvgIpc) is 2.59. The van der Waals surface area contributed by atoms with Crippen molar-refractivity contribution in [1.82, 2.24) is 10.2 Å². The number of nitrogens with zero attached hydrogens (tertiary/aromatic N) is 1. The maximum Gasteiger partial charge on any atom is 0.242 e. The maximum absolute atomic E-state index is 12.3. The second kappa shape index (κ2) is 5.55. The Morgan fingerprint density at radius 1 is 1.47 bits per heavy atom. The summed E-state index contributed by atoms with van der Waals surface area (Å²) < 4.78 is 5.51. The molecule has 0 saturated carbocycles. The highest BCUT2D eigenvalue weighted by Crippen LogP contribution is 2.29. The van der Waals surface area contributed by atoms with Crippen LogP contribution in [0, 0.1) is 5.41 Å². The molecule has 2 heterocycles. The molecule has 0 radical (unpaired) electrons. The summed E-state index contributed by atoms with van der Waals surface area (Å²) in [5, 5.41) is 3.26. The second-order valence-corrected chi connectivity index (χ2v) is 5.68. The van der Waals surface area contributed by atoms with Gasteiger partial charge in [0.1, 0.15) is 6.04 Å². The number of rotatable bonds is 1. The number of halogens is 1. The van der Waals surface area contributed by atoms with E-state index in [0.717, 1.165) is 26.1 Å². The van der Waals surface area contributed by atoms with E-state index >= 15 is 0 Å². The Kier molecular flexibility index (Phi) is 4.81. The van der Waals surface area contributed by atoms with Crippen molar-refractivity contribution in [3.05, 3.63) is 0 Å². The van der Waals surface area contributed by atoms with Crippen molar-refractivity contribution < 1.29 is 9.53 Å². The van der Waals surface area contributed by atoms with Gasteiger partial charge in [0.2, 0.25) is 5.91 Å². The Morgan fingerprint density at radius 2 is 2.18 bits per heavy atom. The van der Waals surface area contributed by atoms with Gasteiger partial charge in [-0.3, -0.25) is 4.79 Å². The molecule has 17 heavy (non-hydrogen) atoms. The fourth-order valence-electron chi connectivity index (χ4n) is 2.51. The van der Waals surface area contributed by atoms with Crippen molar-refractivity contribution in [2.75, 3.05) is 26.2 Å². The van der Waals surface area contributed by atoms with Crippen LogP contribution in [-0.4, -0.2) is 49.2 Å². The van der Waals surface area contributed by atoms with E-state index < -0.39 is 0 Å². The zero-order valence-electron chi connectivity index (χ0n) is 10.9. The van der Waals surface area contributed by atoms with Gasteiger partial charge >= 0.3 is 0 Å². The number of likely N-dealkylation sites (tertiary alicyclic amines) is 1. The van der Waals surface area contributed by atoms with Gasteiger partial charge in [-0.2, -0.15) is 0 Å².